The van der Waals surface area contributed by atoms with Gasteiger partial charge in [-0.1, -0.05) is 103 Å². The third-order valence-corrected chi connectivity index (χ3v) is 7.42. The molecule has 0 aliphatic heterocycles. The predicted octanol–water partition coefficient (Wildman–Crippen LogP) is 7.51. The lowest BCUT2D eigenvalue weighted by Crippen LogP contribution is -2.41. The molecule has 0 aliphatic carbocycles. The van der Waals surface area contributed by atoms with E-state index in [0.717, 1.165) is 6.42 Å². The minimum Gasteiger partial charge on any atom is -0.379 e. The van der Waals surface area contributed by atoms with Crippen molar-refractivity contribution in [2.75, 3.05) is 54.6 Å². The van der Waals surface area contributed by atoms with Crippen LogP contribution in [0.15, 0.2) is 0 Å². The number of phosphoric acid groups is 1. The van der Waals surface area contributed by atoms with Gasteiger partial charge < -0.3 is 18.9 Å². The summed E-state index contributed by atoms with van der Waals surface area (Å²) >= 11 is 0. The fourth-order valence-electron chi connectivity index (χ4n) is 4.39. The van der Waals surface area contributed by atoms with Gasteiger partial charge >= 0.3 is 7.82 Å². The van der Waals surface area contributed by atoms with Crippen molar-refractivity contribution in [1.29, 1.82) is 0 Å². The van der Waals surface area contributed by atoms with Crippen molar-refractivity contribution in [3.63, 3.8) is 0 Å². The van der Waals surface area contributed by atoms with Crippen LogP contribution in [0.4, 0.5) is 0 Å². The van der Waals surface area contributed by atoms with Crippen LogP contribution in [-0.2, 0) is 23.1 Å². The van der Waals surface area contributed by atoms with Crippen molar-refractivity contribution < 1.29 is 32.5 Å². The van der Waals surface area contributed by atoms with E-state index >= 15 is 0 Å². The van der Waals surface area contributed by atoms with E-state index in [1.54, 1.807) is 14.0 Å². The van der Waals surface area contributed by atoms with Gasteiger partial charge in [-0.15, -0.1) is 0 Å². The molecular weight excluding hydrogens is 477 g/mol. The highest BCUT2D eigenvalue weighted by Gasteiger charge is 2.28. The molecule has 0 spiro atoms. The molecule has 7 nitrogen and oxygen atoms in total. The maximum atomic E-state index is 12.2. The van der Waals surface area contributed by atoms with Crippen molar-refractivity contribution in [3.8, 4) is 0 Å². The number of rotatable bonds is 27. The molecule has 8 heteroatoms. The second-order valence-corrected chi connectivity index (χ2v) is 12.8. The first-order chi connectivity index (χ1) is 17.1. The lowest BCUT2D eigenvalue weighted by molar-refractivity contribution is -0.873. The second kappa shape index (κ2) is 22.9. The third kappa shape index (κ3) is 25.6. The summed E-state index contributed by atoms with van der Waals surface area (Å²) in [6.45, 7) is 5.61. The summed E-state index contributed by atoms with van der Waals surface area (Å²) in [5, 5.41) is 0. The van der Waals surface area contributed by atoms with E-state index in [1.807, 2.05) is 21.1 Å². The standard InChI is InChI=1S/C28H60NO6P/c1-7-8-9-10-11-12-13-14-15-16-17-18-19-20-21-22-23-33-25-28(32-6)26-34-36(30,31)35-27(2)24-29(3,4)5/h27-28H,7-26H2,1-6H3/p+1/t27?,28-/m1/s1. The van der Waals surface area contributed by atoms with Crippen LogP contribution < -0.4 is 0 Å². The van der Waals surface area contributed by atoms with Crippen molar-refractivity contribution in [1.82, 2.24) is 0 Å². The van der Waals surface area contributed by atoms with E-state index in [1.165, 1.54) is 96.3 Å². The van der Waals surface area contributed by atoms with Gasteiger partial charge in [0.2, 0.25) is 0 Å². The molecule has 0 aliphatic rings. The first-order valence-corrected chi connectivity index (χ1v) is 16.2. The highest BCUT2D eigenvalue weighted by atomic mass is 31.2. The van der Waals surface area contributed by atoms with E-state index in [-0.39, 0.29) is 6.61 Å². The smallest absolute Gasteiger partial charge is 0.379 e. The Bertz CT molecular complexity index is 529. The zero-order valence-electron chi connectivity index (χ0n) is 24.7. The van der Waals surface area contributed by atoms with E-state index in [4.69, 9.17) is 18.5 Å². The van der Waals surface area contributed by atoms with Gasteiger partial charge in [-0.2, -0.15) is 0 Å². The minimum atomic E-state index is -4.13. The molecule has 0 aromatic carbocycles. The number of quaternary nitrogens is 1. The molecular formula is C28H61NO6P+. The largest absolute Gasteiger partial charge is 0.472 e. The molecule has 36 heavy (non-hydrogen) atoms. The minimum absolute atomic E-state index is 0.0413. The number of ether oxygens (including phenoxy) is 2. The van der Waals surface area contributed by atoms with E-state index in [9.17, 15) is 9.46 Å². The van der Waals surface area contributed by atoms with Crippen molar-refractivity contribution in [2.45, 2.75) is 129 Å². The normalized spacial score (nSPS) is 15.6. The van der Waals surface area contributed by atoms with Crippen molar-refractivity contribution in [3.05, 3.63) is 0 Å². The Morgan fingerprint density at radius 2 is 1.19 bits per heavy atom. The van der Waals surface area contributed by atoms with Gasteiger partial charge in [0.05, 0.1) is 34.4 Å². The number of phosphoric ester groups is 1. The zero-order valence-corrected chi connectivity index (χ0v) is 25.6. The molecule has 0 aromatic rings. The molecule has 0 aromatic heterocycles. The zero-order chi connectivity index (χ0) is 27.1. The Hall–Kier alpha value is -0.0100. The summed E-state index contributed by atoms with van der Waals surface area (Å²) in [5.74, 6) is 0. The van der Waals surface area contributed by atoms with Crippen LogP contribution in [0.25, 0.3) is 0 Å². The van der Waals surface area contributed by atoms with Crippen LogP contribution >= 0.6 is 7.82 Å². The molecule has 0 fully saturated rings. The number of unbranched alkanes of at least 4 members (excludes halogenated alkanes) is 15. The molecule has 0 saturated heterocycles. The summed E-state index contributed by atoms with van der Waals surface area (Å²) in [6, 6.07) is 0. The van der Waals surface area contributed by atoms with Gasteiger partial charge in [0, 0.05) is 13.7 Å². The lowest BCUT2D eigenvalue weighted by atomic mass is 10.0. The predicted molar refractivity (Wildman–Crippen MR) is 150 cm³/mol. The fraction of sp³-hybridized carbons (Fsp3) is 1.00. The Labute approximate surface area is 223 Å². The monoisotopic (exact) mass is 538 g/mol. The summed E-state index contributed by atoms with van der Waals surface area (Å²) in [7, 11) is 3.43. The van der Waals surface area contributed by atoms with Crippen LogP contribution in [0, 0.1) is 0 Å². The lowest BCUT2D eigenvalue weighted by Gasteiger charge is -2.28. The molecule has 0 bridgehead atoms. The van der Waals surface area contributed by atoms with Gasteiger partial charge in [-0.05, 0) is 13.3 Å². The molecule has 0 rings (SSSR count). The van der Waals surface area contributed by atoms with Crippen LogP contribution in [-0.4, -0.2) is 76.2 Å². The first-order valence-electron chi connectivity index (χ1n) is 14.7. The number of nitrogens with zero attached hydrogens (tertiary/aromatic N) is 1. The van der Waals surface area contributed by atoms with Gasteiger partial charge in [0.15, 0.2) is 0 Å². The number of likely N-dealkylation sites (N-methyl/N-ethyl adjacent to an activating group) is 1. The topological polar surface area (TPSA) is 74.2 Å². The molecule has 2 unspecified atom stereocenters. The molecule has 0 heterocycles. The van der Waals surface area contributed by atoms with Gasteiger partial charge in [-0.25, -0.2) is 4.57 Å². The highest BCUT2D eigenvalue weighted by molar-refractivity contribution is 7.47. The molecule has 1 N–H and O–H groups in total. The van der Waals surface area contributed by atoms with Gasteiger partial charge in [0.25, 0.3) is 0 Å². The van der Waals surface area contributed by atoms with Gasteiger partial charge in [-0.3, -0.25) is 9.05 Å². The third-order valence-electron chi connectivity index (χ3n) is 6.32. The Morgan fingerprint density at radius 1 is 0.750 bits per heavy atom. The van der Waals surface area contributed by atoms with E-state index in [2.05, 4.69) is 6.92 Å². The van der Waals surface area contributed by atoms with E-state index < -0.39 is 20.0 Å². The molecule has 218 valence electrons. The first kappa shape index (κ1) is 36.0. The van der Waals surface area contributed by atoms with Crippen LogP contribution in [0.2, 0.25) is 0 Å². The molecule has 3 atom stereocenters. The van der Waals surface area contributed by atoms with Crippen LogP contribution in [0.5, 0.6) is 0 Å². The summed E-state index contributed by atoms with van der Waals surface area (Å²) in [5.41, 5.74) is 0. The fourth-order valence-corrected chi connectivity index (χ4v) is 5.33. The Morgan fingerprint density at radius 3 is 1.61 bits per heavy atom. The van der Waals surface area contributed by atoms with Crippen molar-refractivity contribution >= 4 is 7.82 Å². The maximum Gasteiger partial charge on any atom is 0.472 e. The number of hydrogen-bond acceptors (Lipinski definition) is 5. The Balaban J connectivity index is 3.57. The molecule has 0 amide bonds. The Kier molecular flexibility index (Phi) is 22.9. The average molecular weight is 539 g/mol. The number of hydrogen-bond donors (Lipinski definition) is 1. The summed E-state index contributed by atoms with van der Waals surface area (Å²) in [4.78, 5) is 9.96. The number of methoxy groups -OCH3 is 1. The summed E-state index contributed by atoms with van der Waals surface area (Å²) in [6.07, 6.45) is 20.8. The summed E-state index contributed by atoms with van der Waals surface area (Å²) < 4.78 is 34.2. The quantitative estimate of drug-likeness (QED) is 0.0663. The van der Waals surface area contributed by atoms with Crippen LogP contribution in [0.3, 0.4) is 0 Å². The second-order valence-electron chi connectivity index (χ2n) is 11.4. The maximum absolute atomic E-state index is 12.2. The van der Waals surface area contributed by atoms with Gasteiger partial charge in [0.1, 0.15) is 18.8 Å². The molecule has 0 radical (unpaired) electrons. The average Bonchev–Trinajstić information content (AvgIpc) is 2.78. The SMILES string of the molecule is CCCCCCCCCCCCCCCCCCOC[C@H](COP(=O)(O)OC(C)C[N+](C)(C)C)OC. The van der Waals surface area contributed by atoms with E-state index in [0.29, 0.717) is 24.2 Å². The molecule has 0 saturated carbocycles. The van der Waals surface area contributed by atoms with Crippen molar-refractivity contribution in [2.24, 2.45) is 0 Å². The van der Waals surface area contributed by atoms with Crippen LogP contribution in [0.1, 0.15) is 117 Å². The highest BCUT2D eigenvalue weighted by Crippen LogP contribution is 2.44.